The second-order valence-corrected chi connectivity index (χ2v) is 9.25. The van der Waals surface area contributed by atoms with Crippen LogP contribution in [0.3, 0.4) is 0 Å². The average molecular weight is 426 g/mol. The number of methoxy groups -OCH3 is 2. The molecule has 2 heterocycles. The summed E-state index contributed by atoms with van der Waals surface area (Å²) in [6.07, 6.45) is 3.93. The minimum Gasteiger partial charge on any atom is -0.493 e. The number of carbonyl (C=O) groups excluding carboxylic acids is 1. The maximum atomic E-state index is 12.8. The van der Waals surface area contributed by atoms with Gasteiger partial charge in [0.25, 0.3) is 0 Å². The van der Waals surface area contributed by atoms with E-state index < -0.39 is 5.41 Å². The van der Waals surface area contributed by atoms with E-state index in [4.69, 9.17) is 9.47 Å². The van der Waals surface area contributed by atoms with E-state index >= 15 is 0 Å². The van der Waals surface area contributed by atoms with Gasteiger partial charge in [0.2, 0.25) is 5.91 Å². The van der Waals surface area contributed by atoms with E-state index in [2.05, 4.69) is 21.3 Å². The Morgan fingerprint density at radius 1 is 1.19 bits per heavy atom. The zero-order chi connectivity index (χ0) is 22.4. The van der Waals surface area contributed by atoms with Crippen molar-refractivity contribution in [2.75, 3.05) is 27.3 Å². The van der Waals surface area contributed by atoms with Gasteiger partial charge in [0.1, 0.15) is 0 Å². The fraction of sp³-hybridized carbons (Fsp3) is 0.520. The largest absolute Gasteiger partial charge is 0.493 e. The van der Waals surface area contributed by atoms with Gasteiger partial charge in [0.05, 0.1) is 26.0 Å². The number of piperidine rings is 1. The number of likely N-dealkylation sites (tertiary alicyclic amines) is 1. The van der Waals surface area contributed by atoms with Crippen molar-refractivity contribution in [3.05, 3.63) is 53.9 Å². The van der Waals surface area contributed by atoms with Crippen molar-refractivity contribution < 1.29 is 14.3 Å². The van der Waals surface area contributed by atoms with Gasteiger partial charge in [-0.25, -0.2) is 0 Å². The minimum absolute atomic E-state index is 0.0507. The fourth-order valence-electron chi connectivity index (χ4n) is 4.18. The van der Waals surface area contributed by atoms with E-state index in [-0.39, 0.29) is 17.9 Å². The Morgan fingerprint density at radius 2 is 2.00 bits per heavy atom. The first kappa shape index (κ1) is 23.1. The molecule has 6 heteroatoms. The maximum absolute atomic E-state index is 12.8. The molecule has 2 aromatic rings. The van der Waals surface area contributed by atoms with Crippen molar-refractivity contribution in [3.63, 3.8) is 0 Å². The Hall–Kier alpha value is -2.60. The number of para-hydroxylation sites is 1. The highest BCUT2D eigenvalue weighted by Gasteiger charge is 2.33. The van der Waals surface area contributed by atoms with Crippen LogP contribution in [0.2, 0.25) is 0 Å². The molecule has 1 aliphatic heterocycles. The third kappa shape index (κ3) is 5.76. The Bertz CT molecular complexity index is 864. The van der Waals surface area contributed by atoms with E-state index in [1.54, 1.807) is 20.4 Å². The summed E-state index contributed by atoms with van der Waals surface area (Å²) in [6.45, 7) is 8.50. The van der Waals surface area contributed by atoms with Crippen LogP contribution in [-0.4, -0.2) is 43.1 Å². The summed E-state index contributed by atoms with van der Waals surface area (Å²) in [5, 5.41) is 3.30. The van der Waals surface area contributed by atoms with Crippen molar-refractivity contribution in [2.24, 2.45) is 11.3 Å². The number of nitrogens with zero attached hydrogens (tertiary/aromatic N) is 2. The smallest absolute Gasteiger partial charge is 0.225 e. The molecule has 1 fully saturated rings. The molecule has 168 valence electrons. The highest BCUT2D eigenvalue weighted by atomic mass is 16.5. The number of hydrogen-bond donors (Lipinski definition) is 1. The number of ether oxygens (including phenoxy) is 2. The maximum Gasteiger partial charge on any atom is 0.225 e. The molecule has 1 aromatic carbocycles. The summed E-state index contributed by atoms with van der Waals surface area (Å²) in [6, 6.07) is 11.8. The summed E-state index contributed by atoms with van der Waals surface area (Å²) in [4.78, 5) is 19.8. The van der Waals surface area contributed by atoms with Crippen LogP contribution in [0.4, 0.5) is 0 Å². The highest BCUT2D eigenvalue weighted by Crippen LogP contribution is 2.34. The molecule has 1 aliphatic rings. The molecule has 0 spiro atoms. The van der Waals surface area contributed by atoms with E-state index in [0.717, 1.165) is 55.2 Å². The number of carbonyl (C=O) groups is 1. The minimum atomic E-state index is -0.449. The van der Waals surface area contributed by atoms with Gasteiger partial charge in [-0.2, -0.15) is 0 Å². The molecule has 0 aliphatic carbocycles. The van der Waals surface area contributed by atoms with Crippen molar-refractivity contribution >= 4 is 5.91 Å². The molecule has 31 heavy (non-hydrogen) atoms. The third-order valence-electron chi connectivity index (χ3n) is 5.87. The number of pyridine rings is 1. The van der Waals surface area contributed by atoms with Crippen LogP contribution in [0.5, 0.6) is 11.5 Å². The topological polar surface area (TPSA) is 63.7 Å². The van der Waals surface area contributed by atoms with Gasteiger partial charge >= 0.3 is 0 Å². The number of aromatic nitrogens is 1. The average Bonchev–Trinajstić information content (AvgIpc) is 2.77. The summed E-state index contributed by atoms with van der Waals surface area (Å²) in [5.41, 5.74) is 1.58. The summed E-state index contributed by atoms with van der Waals surface area (Å²) < 4.78 is 11.1. The molecule has 3 rings (SSSR count). The van der Waals surface area contributed by atoms with Crippen molar-refractivity contribution in [1.82, 2.24) is 15.2 Å². The molecule has 2 atom stereocenters. The van der Waals surface area contributed by atoms with Gasteiger partial charge in [-0.05, 0) is 43.5 Å². The normalized spacial score (nSPS) is 18.3. The quantitative estimate of drug-likeness (QED) is 0.720. The Morgan fingerprint density at radius 3 is 2.65 bits per heavy atom. The van der Waals surface area contributed by atoms with Crippen LogP contribution in [-0.2, 0) is 11.3 Å². The molecule has 1 N–H and O–H groups in total. The van der Waals surface area contributed by atoms with Crippen LogP contribution in [0.25, 0.3) is 0 Å². The number of benzene rings is 1. The first-order chi connectivity index (χ1) is 14.8. The number of hydrogen-bond acceptors (Lipinski definition) is 5. The zero-order valence-corrected chi connectivity index (χ0v) is 19.4. The monoisotopic (exact) mass is 425 g/mol. The lowest BCUT2D eigenvalue weighted by molar-refractivity contribution is -0.130. The second kappa shape index (κ2) is 10.1. The Kier molecular flexibility index (Phi) is 7.55. The van der Waals surface area contributed by atoms with Gasteiger partial charge in [-0.3, -0.25) is 14.7 Å². The van der Waals surface area contributed by atoms with E-state index in [0.29, 0.717) is 0 Å². The summed E-state index contributed by atoms with van der Waals surface area (Å²) in [7, 11) is 3.34. The molecule has 0 radical (unpaired) electrons. The molecule has 0 bridgehead atoms. The molecular weight excluding hydrogens is 390 g/mol. The molecule has 1 amide bonds. The lowest BCUT2D eigenvalue weighted by Gasteiger charge is -2.38. The Balaban J connectivity index is 1.80. The van der Waals surface area contributed by atoms with Gasteiger partial charge in [-0.1, -0.05) is 39.0 Å². The lowest BCUT2D eigenvalue weighted by Crippen LogP contribution is -2.45. The van der Waals surface area contributed by atoms with E-state index in [1.807, 2.05) is 51.1 Å². The van der Waals surface area contributed by atoms with Gasteiger partial charge < -0.3 is 14.8 Å². The zero-order valence-electron chi connectivity index (χ0n) is 19.4. The third-order valence-corrected chi connectivity index (χ3v) is 5.87. The number of amides is 1. The van der Waals surface area contributed by atoms with Crippen molar-refractivity contribution in [2.45, 2.75) is 46.2 Å². The van der Waals surface area contributed by atoms with Crippen LogP contribution < -0.4 is 14.8 Å². The standard InChI is InChI=1S/C25H35N3O3/c1-25(2,3)24(29)27-22(20-12-6-7-14-26-20)18-11-9-15-28(16-18)17-19-10-8-13-21(30-4)23(19)31-5/h6-8,10,12-14,18,22H,9,11,15-17H2,1-5H3,(H,27,29)/t18-,22-/m1/s1. The molecule has 6 nitrogen and oxygen atoms in total. The van der Waals surface area contributed by atoms with Gasteiger partial charge in [0, 0.05) is 30.3 Å². The first-order valence-electron chi connectivity index (χ1n) is 11.0. The number of nitrogens with one attached hydrogen (secondary N) is 1. The van der Waals surface area contributed by atoms with Crippen LogP contribution in [0.15, 0.2) is 42.6 Å². The fourth-order valence-corrected chi connectivity index (χ4v) is 4.18. The first-order valence-corrected chi connectivity index (χ1v) is 11.0. The Labute approximate surface area is 186 Å². The number of rotatable bonds is 7. The van der Waals surface area contributed by atoms with Gasteiger partial charge in [0.15, 0.2) is 11.5 Å². The molecular formula is C25H35N3O3. The predicted molar refractivity (Wildman–Crippen MR) is 122 cm³/mol. The van der Waals surface area contributed by atoms with Crippen molar-refractivity contribution in [1.29, 1.82) is 0 Å². The summed E-state index contributed by atoms with van der Waals surface area (Å²) >= 11 is 0. The van der Waals surface area contributed by atoms with Crippen molar-refractivity contribution in [3.8, 4) is 11.5 Å². The highest BCUT2D eigenvalue weighted by molar-refractivity contribution is 5.81. The van der Waals surface area contributed by atoms with Crippen LogP contribution >= 0.6 is 0 Å². The summed E-state index contributed by atoms with van der Waals surface area (Å²) in [5.74, 6) is 1.87. The molecule has 1 aromatic heterocycles. The second-order valence-electron chi connectivity index (χ2n) is 9.25. The molecule has 1 saturated heterocycles. The van der Waals surface area contributed by atoms with Crippen LogP contribution in [0, 0.1) is 11.3 Å². The SMILES string of the molecule is COc1cccc(CN2CCC[C@@H]([C@@H](NC(=O)C(C)(C)C)c3ccccn3)C2)c1OC. The molecule has 0 unspecified atom stereocenters. The van der Waals surface area contributed by atoms with E-state index in [1.165, 1.54) is 0 Å². The van der Waals surface area contributed by atoms with Gasteiger partial charge in [-0.15, -0.1) is 0 Å². The lowest BCUT2D eigenvalue weighted by atomic mass is 9.86. The van der Waals surface area contributed by atoms with E-state index in [9.17, 15) is 4.79 Å². The molecule has 0 saturated carbocycles. The van der Waals surface area contributed by atoms with Crippen LogP contribution in [0.1, 0.15) is 50.9 Å². The predicted octanol–water partition coefficient (Wildman–Crippen LogP) is 4.21.